The Kier molecular flexibility index (Phi) is 6.40. The van der Waals surface area contributed by atoms with Gasteiger partial charge in [0.15, 0.2) is 20.0 Å². The molecule has 1 aliphatic rings. The molecule has 0 amide bonds. The minimum absolute atomic E-state index is 0.0621. The van der Waals surface area contributed by atoms with Crippen molar-refractivity contribution in [3.63, 3.8) is 0 Å². The van der Waals surface area contributed by atoms with Gasteiger partial charge in [-0.2, -0.15) is 14.8 Å². The Balaban J connectivity index is 1.70. The predicted octanol–water partition coefficient (Wildman–Crippen LogP) is 1.57. The lowest BCUT2D eigenvalue weighted by atomic mass is 9.94. The molecule has 0 bridgehead atoms. The number of pyridine rings is 1. The van der Waals surface area contributed by atoms with E-state index in [2.05, 4.69) is 10.1 Å². The van der Waals surface area contributed by atoms with Gasteiger partial charge < -0.3 is 29.6 Å². The minimum Gasteiger partial charge on any atom is -0.481 e. The summed E-state index contributed by atoms with van der Waals surface area (Å²) in [6, 6.07) is 4.42. The van der Waals surface area contributed by atoms with Gasteiger partial charge in [-0.3, -0.25) is 9.59 Å². The van der Waals surface area contributed by atoms with Gasteiger partial charge in [-0.05, 0) is 31.2 Å². The summed E-state index contributed by atoms with van der Waals surface area (Å²) in [4.78, 5) is 50.9. The van der Waals surface area contributed by atoms with Crippen molar-refractivity contribution in [1.82, 2.24) is 14.8 Å². The summed E-state index contributed by atoms with van der Waals surface area (Å²) in [5.74, 6) is 0.387. The van der Waals surface area contributed by atoms with E-state index in [0.29, 0.717) is 42.3 Å². The molecule has 4 N–H and O–H groups in total. The number of carbonyl (C=O) groups excluding carboxylic acids is 1. The van der Waals surface area contributed by atoms with Crippen molar-refractivity contribution in [2.45, 2.75) is 19.3 Å². The van der Waals surface area contributed by atoms with E-state index in [4.69, 9.17) is 14.9 Å². The van der Waals surface area contributed by atoms with Gasteiger partial charge in [0.2, 0.25) is 5.88 Å². The summed E-state index contributed by atoms with van der Waals surface area (Å²) in [5, 5.41) is 4.79. The van der Waals surface area contributed by atoms with Crippen LogP contribution in [-0.2, 0) is 0 Å². The molecule has 0 aromatic carbocycles. The third kappa shape index (κ3) is 4.45. The second-order valence-corrected chi connectivity index (χ2v) is 8.83. The Morgan fingerprint density at radius 1 is 1.34 bits per heavy atom. The molecule has 1 fully saturated rings. The van der Waals surface area contributed by atoms with Crippen LogP contribution in [-0.4, -0.2) is 56.8 Å². The van der Waals surface area contributed by atoms with Gasteiger partial charge in [-0.25, -0.2) is 0 Å². The van der Waals surface area contributed by atoms with Gasteiger partial charge in [-0.1, -0.05) is 0 Å². The smallest absolute Gasteiger partial charge is 0.317 e. The molecule has 0 atom stereocenters. The standard InChI is InChI=1S/C20H24N5O6P/c1-30-16-10-13-11-22-25(19(26)14-2-3-15(21)31-14)20(27)17(13)18(23-16)24-7-4-12(5-8-24)6-9-32(28)29/h2-3,10-12,28-29H,4-9,21H2,1H3. The number of anilines is 2. The number of nitrogens with two attached hydrogens (primary N) is 1. The third-order valence-electron chi connectivity index (χ3n) is 5.62. The first kappa shape index (κ1) is 22.2. The average Bonchev–Trinajstić information content (AvgIpc) is 3.23. The second-order valence-electron chi connectivity index (χ2n) is 7.64. The van der Waals surface area contributed by atoms with E-state index in [9.17, 15) is 19.4 Å². The minimum atomic E-state index is -1.88. The molecule has 0 radical (unpaired) electrons. The number of fused-ring (bicyclic) bond motifs is 1. The molecule has 1 aliphatic heterocycles. The van der Waals surface area contributed by atoms with Crippen LogP contribution in [0, 0.1) is 5.92 Å². The van der Waals surface area contributed by atoms with Gasteiger partial charge >= 0.3 is 5.91 Å². The fraction of sp³-hybridized carbons (Fsp3) is 0.400. The molecular weight excluding hydrogens is 437 g/mol. The van der Waals surface area contributed by atoms with Crippen LogP contribution < -0.4 is 20.9 Å². The number of carbonyl (C=O) groups is 1. The first-order chi connectivity index (χ1) is 15.4. The lowest BCUT2D eigenvalue weighted by molar-refractivity contribution is 0.0913. The van der Waals surface area contributed by atoms with Crippen LogP contribution in [0.1, 0.15) is 29.8 Å². The zero-order valence-electron chi connectivity index (χ0n) is 17.5. The van der Waals surface area contributed by atoms with Crippen LogP contribution >= 0.6 is 8.38 Å². The Labute approximate surface area is 184 Å². The van der Waals surface area contributed by atoms with Crippen molar-refractivity contribution < 1.29 is 23.7 Å². The highest BCUT2D eigenvalue weighted by molar-refractivity contribution is 7.45. The molecule has 12 heteroatoms. The van der Waals surface area contributed by atoms with Crippen molar-refractivity contribution in [2.75, 3.05) is 37.0 Å². The number of nitrogens with zero attached hydrogens (tertiary/aromatic N) is 4. The molecule has 0 spiro atoms. The number of ether oxygens (including phenoxy) is 1. The molecule has 1 saturated heterocycles. The fourth-order valence-corrected chi connectivity index (χ4v) is 4.50. The van der Waals surface area contributed by atoms with Crippen molar-refractivity contribution in [3.05, 3.63) is 40.5 Å². The third-order valence-corrected chi connectivity index (χ3v) is 6.27. The summed E-state index contributed by atoms with van der Waals surface area (Å²) >= 11 is 0. The number of furan rings is 1. The average molecular weight is 461 g/mol. The number of hydrogen-bond acceptors (Lipinski definition) is 10. The molecule has 4 heterocycles. The molecular formula is C20H24N5O6P. The Morgan fingerprint density at radius 2 is 2.09 bits per heavy atom. The lowest BCUT2D eigenvalue weighted by Gasteiger charge is -2.33. The summed E-state index contributed by atoms with van der Waals surface area (Å²) in [7, 11) is -0.392. The number of methoxy groups -OCH3 is 1. The van der Waals surface area contributed by atoms with E-state index < -0.39 is 19.8 Å². The predicted molar refractivity (Wildman–Crippen MR) is 119 cm³/mol. The summed E-state index contributed by atoms with van der Waals surface area (Å²) in [6.07, 6.45) is 4.22. The van der Waals surface area contributed by atoms with Crippen LogP contribution in [0.2, 0.25) is 0 Å². The maximum absolute atomic E-state index is 13.3. The Bertz CT molecular complexity index is 1180. The zero-order chi connectivity index (χ0) is 22.8. The monoisotopic (exact) mass is 461 g/mol. The lowest BCUT2D eigenvalue weighted by Crippen LogP contribution is -2.36. The topological polar surface area (TPSA) is 157 Å². The second kappa shape index (κ2) is 9.23. The van der Waals surface area contributed by atoms with E-state index in [-0.39, 0.29) is 17.0 Å². The number of rotatable bonds is 6. The summed E-state index contributed by atoms with van der Waals surface area (Å²) in [6.45, 7) is 1.28. The molecule has 3 aromatic rings. The maximum atomic E-state index is 13.3. The molecule has 0 saturated carbocycles. The largest absolute Gasteiger partial charge is 0.481 e. The quantitative estimate of drug-likeness (QED) is 0.460. The molecule has 0 unspecified atom stereocenters. The number of nitrogen functional groups attached to an aromatic ring is 1. The SMILES string of the molecule is COc1cc2cnn(C(=O)c3ccc(N)o3)c(=O)c2c(N2CCC(CCP(O)O)CC2)n1. The molecule has 0 aliphatic carbocycles. The van der Waals surface area contributed by atoms with Crippen molar-refractivity contribution >= 4 is 36.8 Å². The van der Waals surface area contributed by atoms with Crippen LogP contribution in [0.15, 0.2) is 33.6 Å². The van der Waals surface area contributed by atoms with E-state index in [1.54, 1.807) is 6.07 Å². The number of piperidine rings is 1. The van der Waals surface area contributed by atoms with Crippen LogP contribution in [0.4, 0.5) is 11.7 Å². The van der Waals surface area contributed by atoms with Crippen molar-refractivity contribution in [3.8, 4) is 5.88 Å². The van der Waals surface area contributed by atoms with Gasteiger partial charge in [-0.15, -0.1) is 0 Å². The number of hydrogen-bond donors (Lipinski definition) is 3. The van der Waals surface area contributed by atoms with Gasteiger partial charge in [0, 0.05) is 36.8 Å². The summed E-state index contributed by atoms with van der Waals surface area (Å²) < 4.78 is 11.2. The molecule has 11 nitrogen and oxygen atoms in total. The van der Waals surface area contributed by atoms with Crippen LogP contribution in [0.3, 0.4) is 0 Å². The van der Waals surface area contributed by atoms with Gasteiger partial charge in [0.05, 0.1) is 18.7 Å². The summed E-state index contributed by atoms with van der Waals surface area (Å²) in [5.41, 5.74) is 4.93. The Hall–Kier alpha value is -3.01. The normalized spacial score (nSPS) is 14.9. The van der Waals surface area contributed by atoms with Crippen molar-refractivity contribution in [2.24, 2.45) is 5.92 Å². The highest BCUT2D eigenvalue weighted by Crippen LogP contribution is 2.33. The fourth-order valence-electron chi connectivity index (χ4n) is 3.91. The van der Waals surface area contributed by atoms with Crippen LogP contribution in [0.5, 0.6) is 5.88 Å². The zero-order valence-corrected chi connectivity index (χ0v) is 18.4. The van der Waals surface area contributed by atoms with E-state index in [1.807, 2.05) is 4.90 Å². The van der Waals surface area contributed by atoms with Crippen molar-refractivity contribution in [1.29, 1.82) is 0 Å². The highest BCUT2D eigenvalue weighted by Gasteiger charge is 2.26. The van der Waals surface area contributed by atoms with Gasteiger partial charge in [0.1, 0.15) is 5.82 Å². The first-order valence-corrected chi connectivity index (χ1v) is 11.6. The molecule has 170 valence electrons. The molecule has 4 rings (SSSR count). The van der Waals surface area contributed by atoms with E-state index >= 15 is 0 Å². The first-order valence-electron chi connectivity index (χ1n) is 10.1. The highest BCUT2D eigenvalue weighted by atomic mass is 31.2. The Morgan fingerprint density at radius 3 is 2.72 bits per heavy atom. The van der Waals surface area contributed by atoms with Crippen LogP contribution in [0.25, 0.3) is 10.8 Å². The van der Waals surface area contributed by atoms with E-state index in [0.717, 1.165) is 23.9 Å². The molecule has 3 aromatic heterocycles. The number of aromatic nitrogens is 3. The maximum Gasteiger partial charge on any atom is 0.317 e. The van der Waals surface area contributed by atoms with E-state index in [1.165, 1.54) is 25.4 Å². The van der Waals surface area contributed by atoms with Gasteiger partial charge in [0.25, 0.3) is 5.56 Å². The molecule has 32 heavy (non-hydrogen) atoms.